The second-order valence-electron chi connectivity index (χ2n) is 5.67. The number of amides is 1. The maximum absolute atomic E-state index is 13.4. The van der Waals surface area contributed by atoms with Gasteiger partial charge in [0.25, 0.3) is 0 Å². The molecule has 1 rings (SSSR count). The Bertz CT molecular complexity index is 594. The molecule has 5 nitrogen and oxygen atoms in total. The number of anilines is 1. The highest BCUT2D eigenvalue weighted by atomic mass is 19.2. The van der Waals surface area contributed by atoms with Crippen molar-refractivity contribution in [2.45, 2.75) is 45.4 Å². The van der Waals surface area contributed by atoms with Crippen LogP contribution in [-0.2, 0) is 4.79 Å². The van der Waals surface area contributed by atoms with Gasteiger partial charge in [0.2, 0.25) is 5.91 Å². The van der Waals surface area contributed by atoms with Gasteiger partial charge in [0.05, 0.1) is 5.69 Å². The molecule has 0 aliphatic carbocycles. The maximum atomic E-state index is 13.4. The number of rotatable bonds is 10. The summed E-state index contributed by atoms with van der Waals surface area (Å²) in [6.45, 7) is 2.46. The molecule has 4 N–H and O–H groups in total. The summed E-state index contributed by atoms with van der Waals surface area (Å²) in [7, 11) is 0. The average molecular weight is 358 g/mol. The third kappa shape index (κ3) is 7.91. The van der Waals surface area contributed by atoms with Crippen LogP contribution in [-0.4, -0.2) is 25.0 Å². The lowest BCUT2D eigenvalue weighted by Gasteiger charge is -2.07. The zero-order valence-corrected chi connectivity index (χ0v) is 14.4. The van der Waals surface area contributed by atoms with Gasteiger partial charge < -0.3 is 16.4 Å². The molecule has 1 amide bonds. The highest BCUT2D eigenvalue weighted by Crippen LogP contribution is 2.19. The number of carbonyl (C=O) groups is 1. The molecule has 140 valence electrons. The second-order valence-corrected chi connectivity index (χ2v) is 5.67. The first-order valence-electron chi connectivity index (χ1n) is 8.42. The third-order valence-electron chi connectivity index (χ3n) is 3.54. The predicted molar refractivity (Wildman–Crippen MR) is 92.8 cm³/mol. The molecule has 0 fully saturated rings. The van der Waals surface area contributed by atoms with E-state index in [1.807, 2.05) is 0 Å². The van der Waals surface area contributed by atoms with Crippen molar-refractivity contribution in [3.05, 3.63) is 29.6 Å². The highest BCUT2D eigenvalue weighted by Gasteiger charge is 2.14. The Labute approximate surface area is 145 Å². The van der Waals surface area contributed by atoms with Crippen molar-refractivity contribution in [1.82, 2.24) is 5.32 Å². The van der Waals surface area contributed by atoms with Crippen molar-refractivity contribution < 1.29 is 18.0 Å². The normalized spacial score (nSPS) is 11.4. The van der Waals surface area contributed by atoms with Crippen molar-refractivity contribution in [2.24, 2.45) is 10.7 Å². The van der Waals surface area contributed by atoms with E-state index >= 15 is 0 Å². The zero-order chi connectivity index (χ0) is 18.7. The van der Waals surface area contributed by atoms with Gasteiger partial charge in [-0.25, -0.2) is 18.2 Å². The number of carbonyl (C=O) groups excluding carboxylic acids is 1. The third-order valence-corrected chi connectivity index (χ3v) is 3.54. The fourth-order valence-electron chi connectivity index (χ4n) is 2.15. The van der Waals surface area contributed by atoms with Crippen LogP contribution in [0.2, 0.25) is 0 Å². The van der Waals surface area contributed by atoms with Crippen LogP contribution < -0.4 is 16.4 Å². The minimum Gasteiger partial charge on any atom is -0.370 e. The Morgan fingerprint density at radius 1 is 1.08 bits per heavy atom. The smallest absolute Gasteiger partial charge is 0.246 e. The Hall–Kier alpha value is -2.25. The van der Waals surface area contributed by atoms with Gasteiger partial charge in [0.15, 0.2) is 23.4 Å². The monoisotopic (exact) mass is 358 g/mol. The van der Waals surface area contributed by atoms with Crippen LogP contribution in [0.15, 0.2) is 17.1 Å². The Morgan fingerprint density at radius 2 is 1.76 bits per heavy atom. The number of nitrogens with zero attached hydrogens (tertiary/aromatic N) is 1. The first-order valence-corrected chi connectivity index (χ1v) is 8.42. The van der Waals surface area contributed by atoms with Gasteiger partial charge in [-0.05, 0) is 18.6 Å². The molecule has 0 atom stereocenters. The standard InChI is InChI=1S/C17H25F3N4O/c1-2-3-4-5-6-7-10-22-17(21)23-11-14(25)24-13-9-8-12(18)15(19)16(13)20/h8-9H,2-7,10-11H2,1H3,(H,24,25)(H3,21,22,23). The largest absolute Gasteiger partial charge is 0.370 e. The molecule has 0 unspecified atom stereocenters. The summed E-state index contributed by atoms with van der Waals surface area (Å²) in [5, 5.41) is 5.00. The van der Waals surface area contributed by atoms with E-state index in [0.717, 1.165) is 25.0 Å². The van der Waals surface area contributed by atoms with E-state index in [0.29, 0.717) is 6.54 Å². The molecule has 8 heteroatoms. The predicted octanol–water partition coefficient (Wildman–Crippen LogP) is 3.31. The van der Waals surface area contributed by atoms with Gasteiger partial charge in [-0.15, -0.1) is 0 Å². The molecule has 0 spiro atoms. The number of guanidine groups is 1. The van der Waals surface area contributed by atoms with Gasteiger partial charge >= 0.3 is 0 Å². The lowest BCUT2D eigenvalue weighted by molar-refractivity contribution is -0.114. The Kier molecular flexibility index (Phi) is 9.42. The number of unbranched alkanes of at least 4 members (excludes halogenated alkanes) is 5. The van der Waals surface area contributed by atoms with Crippen molar-refractivity contribution >= 4 is 17.6 Å². The summed E-state index contributed by atoms with van der Waals surface area (Å²) in [4.78, 5) is 15.5. The summed E-state index contributed by atoms with van der Waals surface area (Å²) in [5.74, 6) is -4.99. The topological polar surface area (TPSA) is 79.5 Å². The Morgan fingerprint density at radius 3 is 2.48 bits per heavy atom. The van der Waals surface area contributed by atoms with Crippen LogP contribution in [0.4, 0.5) is 18.9 Å². The molecule has 0 saturated heterocycles. The van der Waals surface area contributed by atoms with Crippen molar-refractivity contribution in [3.63, 3.8) is 0 Å². The van der Waals surface area contributed by atoms with E-state index in [1.165, 1.54) is 25.7 Å². The molecule has 1 aromatic carbocycles. The molecule has 0 heterocycles. The lowest BCUT2D eigenvalue weighted by Crippen LogP contribution is -2.33. The number of hydrogen-bond donors (Lipinski definition) is 3. The van der Waals surface area contributed by atoms with Crippen molar-refractivity contribution in [2.75, 3.05) is 18.4 Å². The fraction of sp³-hybridized carbons (Fsp3) is 0.529. The van der Waals surface area contributed by atoms with Gasteiger partial charge in [-0.1, -0.05) is 39.0 Å². The average Bonchev–Trinajstić information content (AvgIpc) is 2.59. The number of nitrogens with two attached hydrogens (primary N) is 1. The van der Waals surface area contributed by atoms with E-state index in [4.69, 9.17) is 5.73 Å². The molecule has 0 aliphatic rings. The maximum Gasteiger partial charge on any atom is 0.246 e. The van der Waals surface area contributed by atoms with Crippen molar-refractivity contribution in [3.8, 4) is 0 Å². The molecular formula is C17H25F3N4O. The molecule has 0 saturated carbocycles. The van der Waals surface area contributed by atoms with Crippen LogP contribution >= 0.6 is 0 Å². The molecule has 0 aromatic heterocycles. The summed E-state index contributed by atoms with van der Waals surface area (Å²) in [6.07, 6.45) is 6.89. The minimum absolute atomic E-state index is 0.106. The molecular weight excluding hydrogens is 333 g/mol. The first kappa shape index (κ1) is 20.8. The molecule has 25 heavy (non-hydrogen) atoms. The molecule has 0 radical (unpaired) electrons. The van der Waals surface area contributed by atoms with Crippen LogP contribution in [0.5, 0.6) is 0 Å². The second kappa shape index (κ2) is 11.3. The van der Waals surface area contributed by atoms with Gasteiger partial charge in [0, 0.05) is 6.54 Å². The van der Waals surface area contributed by atoms with Gasteiger partial charge in [-0.2, -0.15) is 0 Å². The molecule has 0 bridgehead atoms. The number of aliphatic imine (C=N–C) groups is 1. The number of hydrogen-bond acceptors (Lipinski definition) is 2. The van der Waals surface area contributed by atoms with E-state index in [1.54, 1.807) is 0 Å². The van der Waals surface area contributed by atoms with Crippen LogP contribution in [0.1, 0.15) is 45.4 Å². The van der Waals surface area contributed by atoms with Gasteiger partial charge in [-0.3, -0.25) is 4.79 Å². The Balaban J connectivity index is 2.30. The van der Waals surface area contributed by atoms with Crippen molar-refractivity contribution in [1.29, 1.82) is 0 Å². The quantitative estimate of drug-likeness (QED) is 0.260. The van der Waals surface area contributed by atoms with E-state index in [-0.39, 0.29) is 12.5 Å². The molecule has 0 aliphatic heterocycles. The first-order chi connectivity index (χ1) is 12.0. The molecule has 1 aromatic rings. The highest BCUT2D eigenvalue weighted by molar-refractivity contribution is 5.94. The lowest BCUT2D eigenvalue weighted by atomic mass is 10.1. The van der Waals surface area contributed by atoms with E-state index in [9.17, 15) is 18.0 Å². The van der Waals surface area contributed by atoms with E-state index in [2.05, 4.69) is 22.5 Å². The van der Waals surface area contributed by atoms with Crippen LogP contribution in [0, 0.1) is 17.5 Å². The van der Waals surface area contributed by atoms with Gasteiger partial charge in [0.1, 0.15) is 6.54 Å². The van der Waals surface area contributed by atoms with Crippen LogP contribution in [0.3, 0.4) is 0 Å². The SMILES string of the molecule is CCCCCCCCNC(N)=NCC(=O)Nc1ccc(F)c(F)c1F. The minimum atomic E-state index is -1.64. The summed E-state index contributed by atoms with van der Waals surface area (Å²) < 4.78 is 39.3. The zero-order valence-electron chi connectivity index (χ0n) is 14.4. The number of benzene rings is 1. The van der Waals surface area contributed by atoms with E-state index < -0.39 is 29.0 Å². The summed E-state index contributed by atoms with van der Waals surface area (Å²) in [5.41, 5.74) is 5.18. The summed E-state index contributed by atoms with van der Waals surface area (Å²) >= 11 is 0. The van der Waals surface area contributed by atoms with Crippen LogP contribution in [0.25, 0.3) is 0 Å². The number of nitrogens with one attached hydrogen (secondary N) is 2. The number of halogens is 3. The fourth-order valence-corrected chi connectivity index (χ4v) is 2.15. The summed E-state index contributed by atoms with van der Waals surface area (Å²) in [6, 6.07) is 1.67.